The van der Waals surface area contributed by atoms with E-state index >= 15 is 0 Å². The maximum Gasteiger partial charge on any atom is 0.164 e. The van der Waals surface area contributed by atoms with Crippen molar-refractivity contribution in [2.75, 3.05) is 50.7 Å². The van der Waals surface area contributed by atoms with Gasteiger partial charge in [0.15, 0.2) is 5.82 Å². The van der Waals surface area contributed by atoms with Crippen molar-refractivity contribution in [3.63, 3.8) is 0 Å². The van der Waals surface area contributed by atoms with Crippen molar-refractivity contribution in [3.8, 4) is 28.4 Å². The van der Waals surface area contributed by atoms with Crippen LogP contribution in [0.5, 0.6) is 5.75 Å². The zero-order valence-electron chi connectivity index (χ0n) is 20.1. The first-order valence-electron chi connectivity index (χ1n) is 11.4. The summed E-state index contributed by atoms with van der Waals surface area (Å²) in [7, 11) is 7.88. The Morgan fingerprint density at radius 1 is 1.12 bits per heavy atom. The normalized spacial score (nSPS) is 16.0. The lowest BCUT2D eigenvalue weighted by Crippen LogP contribution is -2.31. The zero-order chi connectivity index (χ0) is 24.0. The van der Waals surface area contributed by atoms with Gasteiger partial charge in [-0.05, 0) is 32.6 Å². The second-order valence-electron chi connectivity index (χ2n) is 9.09. The smallest absolute Gasteiger partial charge is 0.164 e. The first kappa shape index (κ1) is 22.0. The van der Waals surface area contributed by atoms with E-state index < -0.39 is 0 Å². The van der Waals surface area contributed by atoms with Crippen LogP contribution in [0.1, 0.15) is 6.42 Å². The van der Waals surface area contributed by atoms with Gasteiger partial charge in [-0.3, -0.25) is 0 Å². The largest absolute Gasteiger partial charge is 0.494 e. The van der Waals surface area contributed by atoms with E-state index in [-0.39, 0.29) is 0 Å². The number of rotatable bonds is 5. The van der Waals surface area contributed by atoms with Crippen LogP contribution >= 0.6 is 0 Å². The third-order valence-corrected chi connectivity index (χ3v) is 6.85. The minimum absolute atomic E-state index is 0.446. The molecule has 3 heterocycles. The summed E-state index contributed by atoms with van der Waals surface area (Å²) in [5, 5.41) is 1.13. The van der Waals surface area contributed by atoms with Gasteiger partial charge in [0.1, 0.15) is 5.75 Å². The topological polar surface area (TPSA) is 98.5 Å². The standard InChI is InChI=1S/C26H31N7O/c1-31(2)16-10-12-33(14-16)21-13-22(34-4)25(28)23(24(21)27)26-29-11-9-19(30-26)18-15-32(3)20-8-6-5-7-17(18)20/h5-9,11,13,15-16H,10,12,14,27-28H2,1-4H3. The van der Waals surface area contributed by atoms with Gasteiger partial charge in [-0.2, -0.15) is 0 Å². The number of hydrogen-bond donors (Lipinski definition) is 2. The molecule has 4 N–H and O–H groups in total. The van der Waals surface area contributed by atoms with Gasteiger partial charge < -0.3 is 30.6 Å². The van der Waals surface area contributed by atoms with Gasteiger partial charge in [0.2, 0.25) is 0 Å². The SMILES string of the molecule is COc1cc(N2CCC(N(C)C)C2)c(N)c(-c2nccc(-c3cn(C)c4ccccc34)n2)c1N. The second-order valence-corrected chi connectivity index (χ2v) is 9.09. The molecule has 4 aromatic rings. The van der Waals surface area contributed by atoms with E-state index in [1.54, 1.807) is 13.3 Å². The van der Waals surface area contributed by atoms with Crippen molar-refractivity contribution in [2.45, 2.75) is 12.5 Å². The molecule has 2 aromatic carbocycles. The molecule has 8 nitrogen and oxygen atoms in total. The number of likely N-dealkylation sites (N-methyl/N-ethyl adjacent to an activating group) is 1. The highest BCUT2D eigenvalue weighted by Gasteiger charge is 2.28. The fourth-order valence-corrected chi connectivity index (χ4v) is 4.90. The van der Waals surface area contributed by atoms with Gasteiger partial charge in [0.25, 0.3) is 0 Å². The van der Waals surface area contributed by atoms with Crippen molar-refractivity contribution < 1.29 is 4.74 Å². The summed E-state index contributed by atoms with van der Waals surface area (Å²) in [5.74, 6) is 1.07. The molecule has 1 unspecified atom stereocenters. The highest BCUT2D eigenvalue weighted by Crippen LogP contribution is 2.44. The highest BCUT2D eigenvalue weighted by molar-refractivity contribution is 5.97. The Hall–Kier alpha value is -3.78. The summed E-state index contributed by atoms with van der Waals surface area (Å²) in [6.07, 6.45) is 4.92. The molecule has 1 atom stereocenters. The molecule has 1 fully saturated rings. The number of nitrogen functional groups attached to an aromatic ring is 2. The third-order valence-electron chi connectivity index (χ3n) is 6.85. The van der Waals surface area contributed by atoms with Crippen LogP contribution in [0.3, 0.4) is 0 Å². The van der Waals surface area contributed by atoms with E-state index in [2.05, 4.69) is 51.8 Å². The summed E-state index contributed by atoms with van der Waals surface area (Å²) in [6.45, 7) is 1.80. The molecule has 0 saturated carbocycles. The molecular formula is C26H31N7O. The van der Waals surface area contributed by atoms with Crippen LogP contribution in [-0.2, 0) is 7.05 Å². The molecule has 2 aromatic heterocycles. The predicted octanol–water partition coefficient (Wildman–Crippen LogP) is 3.62. The van der Waals surface area contributed by atoms with Crippen LogP contribution in [0.15, 0.2) is 48.8 Å². The van der Waals surface area contributed by atoms with E-state index in [9.17, 15) is 0 Å². The number of ether oxygens (including phenoxy) is 1. The first-order chi connectivity index (χ1) is 16.4. The zero-order valence-corrected chi connectivity index (χ0v) is 20.1. The van der Waals surface area contributed by atoms with Crippen LogP contribution in [0.25, 0.3) is 33.5 Å². The highest BCUT2D eigenvalue weighted by atomic mass is 16.5. The van der Waals surface area contributed by atoms with E-state index in [1.807, 2.05) is 31.3 Å². The average molecular weight is 458 g/mol. The summed E-state index contributed by atoms with van der Waals surface area (Å²) in [6, 6.07) is 12.6. The fourth-order valence-electron chi connectivity index (χ4n) is 4.90. The molecule has 1 aliphatic rings. The van der Waals surface area contributed by atoms with Crippen molar-refractivity contribution in [1.29, 1.82) is 0 Å². The first-order valence-corrected chi connectivity index (χ1v) is 11.4. The van der Waals surface area contributed by atoms with E-state index in [0.29, 0.717) is 34.6 Å². The molecule has 1 aliphatic heterocycles. The number of fused-ring (bicyclic) bond motifs is 1. The molecule has 5 rings (SSSR count). The number of aryl methyl sites for hydroxylation is 1. The van der Waals surface area contributed by atoms with Crippen molar-refractivity contribution >= 4 is 28.0 Å². The van der Waals surface area contributed by atoms with E-state index in [1.165, 1.54) is 0 Å². The molecule has 0 radical (unpaired) electrons. The van der Waals surface area contributed by atoms with Crippen LogP contribution < -0.4 is 21.1 Å². The lowest BCUT2D eigenvalue weighted by molar-refractivity contribution is 0.315. The summed E-state index contributed by atoms with van der Waals surface area (Å²) in [5.41, 5.74) is 18.8. The van der Waals surface area contributed by atoms with Crippen LogP contribution in [0, 0.1) is 0 Å². The number of anilines is 3. The van der Waals surface area contributed by atoms with Gasteiger partial charge >= 0.3 is 0 Å². The Labute approximate surface area is 199 Å². The predicted molar refractivity (Wildman–Crippen MR) is 139 cm³/mol. The third kappa shape index (κ3) is 3.60. The van der Waals surface area contributed by atoms with Gasteiger partial charge in [-0.1, -0.05) is 18.2 Å². The van der Waals surface area contributed by atoms with Gasteiger partial charge in [-0.15, -0.1) is 0 Å². The molecular weight excluding hydrogens is 426 g/mol. The molecule has 34 heavy (non-hydrogen) atoms. The Bertz CT molecular complexity index is 1360. The van der Waals surface area contributed by atoms with Crippen molar-refractivity contribution in [2.24, 2.45) is 7.05 Å². The quantitative estimate of drug-likeness (QED) is 0.442. The minimum Gasteiger partial charge on any atom is -0.494 e. The maximum atomic E-state index is 6.75. The Morgan fingerprint density at radius 2 is 1.91 bits per heavy atom. The molecule has 1 saturated heterocycles. The van der Waals surface area contributed by atoms with Crippen LogP contribution in [0.4, 0.5) is 17.1 Å². The number of aromatic nitrogens is 3. The molecule has 176 valence electrons. The Morgan fingerprint density at radius 3 is 2.65 bits per heavy atom. The average Bonchev–Trinajstić information content (AvgIpc) is 3.45. The van der Waals surface area contributed by atoms with E-state index in [4.69, 9.17) is 21.2 Å². The van der Waals surface area contributed by atoms with Crippen LogP contribution in [0.2, 0.25) is 0 Å². The number of nitrogens with two attached hydrogens (primary N) is 2. The monoisotopic (exact) mass is 457 g/mol. The van der Waals surface area contributed by atoms with Gasteiger partial charge in [-0.25, -0.2) is 9.97 Å². The summed E-state index contributed by atoms with van der Waals surface area (Å²) >= 11 is 0. The number of benzene rings is 2. The molecule has 8 heteroatoms. The Balaban J connectivity index is 1.63. The number of methoxy groups -OCH3 is 1. The lowest BCUT2D eigenvalue weighted by atomic mass is 10.1. The summed E-state index contributed by atoms with van der Waals surface area (Å²) in [4.78, 5) is 14.0. The van der Waals surface area contributed by atoms with E-state index in [0.717, 1.165) is 47.4 Å². The van der Waals surface area contributed by atoms with Crippen molar-refractivity contribution in [3.05, 3.63) is 48.8 Å². The molecule has 0 amide bonds. The van der Waals surface area contributed by atoms with Crippen molar-refractivity contribution in [1.82, 2.24) is 19.4 Å². The molecule has 0 bridgehead atoms. The summed E-state index contributed by atoms with van der Waals surface area (Å²) < 4.78 is 7.74. The number of nitrogens with zero attached hydrogens (tertiary/aromatic N) is 5. The van der Waals surface area contributed by atoms with Gasteiger partial charge in [0.05, 0.1) is 35.4 Å². The van der Waals surface area contributed by atoms with Gasteiger partial charge in [0, 0.05) is 61.1 Å². The Kier molecular flexibility index (Phi) is 5.53. The number of hydrogen-bond acceptors (Lipinski definition) is 7. The second kappa shape index (κ2) is 8.53. The fraction of sp³-hybridized carbons (Fsp3) is 0.308. The lowest BCUT2D eigenvalue weighted by Gasteiger charge is -2.25. The molecule has 0 aliphatic carbocycles. The maximum absolute atomic E-state index is 6.75. The molecule has 0 spiro atoms. The van der Waals surface area contributed by atoms with Crippen LogP contribution in [-0.4, -0.2) is 59.8 Å². The minimum atomic E-state index is 0.446. The number of para-hydroxylation sites is 1.